The number of furan rings is 1. The molecule has 1 aliphatic rings. The zero-order chi connectivity index (χ0) is 22.1. The van der Waals surface area contributed by atoms with Gasteiger partial charge in [-0.15, -0.1) is 0 Å². The minimum absolute atomic E-state index is 0.717. The monoisotopic (exact) mass is 428 g/mol. The second-order valence-electron chi connectivity index (χ2n) is 8.95. The molecule has 5 nitrogen and oxygen atoms in total. The van der Waals surface area contributed by atoms with Gasteiger partial charge in [0.15, 0.2) is 0 Å². The molecule has 2 aromatic rings. The molecule has 1 saturated heterocycles. The predicted molar refractivity (Wildman–Crippen MR) is 125 cm³/mol. The van der Waals surface area contributed by atoms with E-state index in [0.29, 0.717) is 0 Å². The molecule has 1 aliphatic heterocycles. The molecule has 1 fully saturated rings. The van der Waals surface area contributed by atoms with Gasteiger partial charge >= 0.3 is 0 Å². The summed E-state index contributed by atoms with van der Waals surface area (Å²) >= 11 is 0. The van der Waals surface area contributed by atoms with Gasteiger partial charge in [-0.05, 0) is 37.5 Å². The first-order valence-electron chi connectivity index (χ1n) is 11.9. The molecule has 172 valence electrons. The lowest BCUT2D eigenvalue weighted by molar-refractivity contribution is -0.00537. The zero-order valence-electron chi connectivity index (χ0n) is 19.6. The number of aryl methyl sites for hydroxylation is 1. The van der Waals surface area contributed by atoms with E-state index in [-0.39, 0.29) is 0 Å². The van der Waals surface area contributed by atoms with Gasteiger partial charge in [-0.1, -0.05) is 56.5 Å². The molecule has 1 aromatic heterocycles. The fourth-order valence-electron chi connectivity index (χ4n) is 4.52. The first-order chi connectivity index (χ1) is 15.0. The summed E-state index contributed by atoms with van der Waals surface area (Å²) in [7, 11) is 0. The topological polar surface area (TPSA) is 49.1 Å². The lowest BCUT2D eigenvalue weighted by Crippen LogP contribution is -2.41. The average molecular weight is 429 g/mol. The molecule has 0 atom stereocenters. The fraction of sp³-hybridized carbons (Fsp3) is 0.615. The van der Waals surface area contributed by atoms with E-state index in [1.165, 1.54) is 11.1 Å². The van der Waals surface area contributed by atoms with Gasteiger partial charge < -0.3 is 14.3 Å². The van der Waals surface area contributed by atoms with Crippen LogP contribution in [0.4, 0.5) is 0 Å². The molecular formula is C26H40N2O3. The van der Waals surface area contributed by atoms with Crippen molar-refractivity contribution in [2.75, 3.05) is 39.4 Å². The van der Waals surface area contributed by atoms with Crippen LogP contribution in [0.1, 0.15) is 62.2 Å². The molecule has 2 heterocycles. The summed E-state index contributed by atoms with van der Waals surface area (Å²) in [4.78, 5) is 4.92. The van der Waals surface area contributed by atoms with Gasteiger partial charge in [0.25, 0.3) is 0 Å². The molecule has 3 rings (SSSR count). The van der Waals surface area contributed by atoms with E-state index in [4.69, 9.17) is 9.15 Å². The summed E-state index contributed by atoms with van der Waals surface area (Å²) in [5, 5.41) is 11.1. The van der Waals surface area contributed by atoms with Gasteiger partial charge in [0.2, 0.25) is 0 Å². The Morgan fingerprint density at radius 1 is 1.03 bits per heavy atom. The third-order valence-electron chi connectivity index (χ3n) is 6.15. The Kier molecular flexibility index (Phi) is 9.15. The van der Waals surface area contributed by atoms with E-state index in [1.807, 2.05) is 12.1 Å². The maximum Gasteiger partial charge on any atom is 0.135 e. The standard InChI is InChI=1S/C26H40N2O3/c1-4-11-26(29,12-5-2)25-10-9-24(31-25)21-28(14-13-27-15-17-30-18-16-27)20-23-8-6-7-22(3)19-23/h6-10,19,29H,4-5,11-18,20-21H2,1-3H3. The van der Waals surface area contributed by atoms with Crippen molar-refractivity contribution in [3.8, 4) is 0 Å². The van der Waals surface area contributed by atoms with Crippen LogP contribution in [0.25, 0.3) is 0 Å². The Bertz CT molecular complexity index is 776. The summed E-state index contributed by atoms with van der Waals surface area (Å²) < 4.78 is 11.7. The first kappa shape index (κ1) is 24.0. The van der Waals surface area contributed by atoms with Crippen molar-refractivity contribution in [2.24, 2.45) is 0 Å². The molecule has 1 N–H and O–H groups in total. The summed E-state index contributed by atoms with van der Waals surface area (Å²) in [5.41, 5.74) is 1.76. The quantitative estimate of drug-likeness (QED) is 0.531. The maximum atomic E-state index is 11.1. The Balaban J connectivity index is 1.70. The van der Waals surface area contributed by atoms with Crippen molar-refractivity contribution in [1.29, 1.82) is 0 Å². The molecule has 0 radical (unpaired) electrons. The summed E-state index contributed by atoms with van der Waals surface area (Å²) in [5.74, 6) is 1.64. The van der Waals surface area contributed by atoms with E-state index < -0.39 is 5.60 Å². The van der Waals surface area contributed by atoms with Gasteiger partial charge in [0.1, 0.15) is 17.1 Å². The van der Waals surface area contributed by atoms with Crippen LogP contribution < -0.4 is 0 Å². The maximum absolute atomic E-state index is 11.1. The van der Waals surface area contributed by atoms with E-state index in [9.17, 15) is 5.11 Å². The second-order valence-corrected chi connectivity index (χ2v) is 8.95. The zero-order valence-corrected chi connectivity index (χ0v) is 19.6. The number of hydrogen-bond donors (Lipinski definition) is 1. The Hall–Kier alpha value is -1.66. The lowest BCUT2D eigenvalue weighted by Gasteiger charge is -2.30. The molecule has 0 bridgehead atoms. The van der Waals surface area contributed by atoms with Crippen molar-refractivity contribution in [3.05, 3.63) is 59.0 Å². The van der Waals surface area contributed by atoms with Crippen LogP contribution in [-0.4, -0.2) is 54.3 Å². The summed E-state index contributed by atoms with van der Waals surface area (Å²) in [6.45, 7) is 13.6. The highest BCUT2D eigenvalue weighted by molar-refractivity contribution is 5.22. The molecule has 0 amide bonds. The number of aliphatic hydroxyl groups is 1. The minimum atomic E-state index is -0.850. The van der Waals surface area contributed by atoms with Crippen LogP contribution >= 0.6 is 0 Å². The van der Waals surface area contributed by atoms with Crippen LogP contribution in [-0.2, 0) is 23.4 Å². The van der Waals surface area contributed by atoms with Crippen LogP contribution in [0.5, 0.6) is 0 Å². The molecule has 0 unspecified atom stereocenters. The number of morpholine rings is 1. The average Bonchev–Trinajstić information content (AvgIpc) is 3.23. The fourth-order valence-corrected chi connectivity index (χ4v) is 4.52. The Morgan fingerprint density at radius 3 is 2.45 bits per heavy atom. The van der Waals surface area contributed by atoms with Gasteiger partial charge in [-0.25, -0.2) is 0 Å². The molecule has 5 heteroatoms. The number of hydrogen-bond acceptors (Lipinski definition) is 5. The van der Waals surface area contributed by atoms with Crippen LogP contribution in [0.15, 0.2) is 40.8 Å². The Labute approximate surface area is 188 Å². The number of ether oxygens (including phenoxy) is 1. The van der Waals surface area contributed by atoms with Gasteiger partial charge in [-0.2, -0.15) is 0 Å². The van der Waals surface area contributed by atoms with Crippen LogP contribution in [0.2, 0.25) is 0 Å². The van der Waals surface area contributed by atoms with Gasteiger partial charge in [-0.3, -0.25) is 9.80 Å². The lowest BCUT2D eigenvalue weighted by atomic mass is 9.90. The second kappa shape index (κ2) is 11.8. The molecule has 31 heavy (non-hydrogen) atoms. The molecular weight excluding hydrogens is 388 g/mol. The van der Waals surface area contributed by atoms with Crippen molar-refractivity contribution < 1.29 is 14.3 Å². The van der Waals surface area contributed by atoms with Crippen LogP contribution in [0, 0.1) is 6.92 Å². The highest BCUT2D eigenvalue weighted by atomic mass is 16.5. The van der Waals surface area contributed by atoms with Crippen molar-refractivity contribution in [3.63, 3.8) is 0 Å². The minimum Gasteiger partial charge on any atom is -0.462 e. The third-order valence-corrected chi connectivity index (χ3v) is 6.15. The highest BCUT2D eigenvalue weighted by Crippen LogP contribution is 2.33. The van der Waals surface area contributed by atoms with E-state index in [2.05, 4.69) is 54.8 Å². The number of nitrogens with zero attached hydrogens (tertiary/aromatic N) is 2. The van der Waals surface area contributed by atoms with Crippen molar-refractivity contribution in [2.45, 2.75) is 65.1 Å². The molecule has 0 saturated carbocycles. The molecule has 0 aliphatic carbocycles. The molecule has 1 aromatic carbocycles. The number of benzene rings is 1. The third kappa shape index (κ3) is 7.18. The summed E-state index contributed by atoms with van der Waals surface area (Å²) in [6, 6.07) is 12.8. The number of rotatable bonds is 12. The first-order valence-corrected chi connectivity index (χ1v) is 11.9. The predicted octanol–water partition coefficient (Wildman–Crippen LogP) is 4.71. The smallest absolute Gasteiger partial charge is 0.135 e. The molecule has 0 spiro atoms. The van der Waals surface area contributed by atoms with Crippen molar-refractivity contribution in [1.82, 2.24) is 9.80 Å². The summed E-state index contributed by atoms with van der Waals surface area (Å²) in [6.07, 6.45) is 3.34. The van der Waals surface area contributed by atoms with Gasteiger partial charge in [0, 0.05) is 32.7 Å². The van der Waals surface area contributed by atoms with Gasteiger partial charge in [0.05, 0.1) is 19.8 Å². The van der Waals surface area contributed by atoms with E-state index >= 15 is 0 Å². The SMILES string of the molecule is CCCC(O)(CCC)c1ccc(CN(CCN2CCOCC2)Cc2cccc(C)c2)o1. The Morgan fingerprint density at radius 2 is 1.77 bits per heavy atom. The van der Waals surface area contributed by atoms with E-state index in [1.54, 1.807) is 0 Å². The highest BCUT2D eigenvalue weighted by Gasteiger charge is 2.31. The van der Waals surface area contributed by atoms with Crippen molar-refractivity contribution >= 4 is 0 Å². The van der Waals surface area contributed by atoms with Crippen LogP contribution in [0.3, 0.4) is 0 Å². The largest absolute Gasteiger partial charge is 0.462 e. The van der Waals surface area contributed by atoms with E-state index in [0.717, 1.165) is 89.7 Å². The normalized spacial score (nSPS) is 15.6.